The van der Waals surface area contributed by atoms with Crippen molar-refractivity contribution < 1.29 is 13.6 Å². The summed E-state index contributed by atoms with van der Waals surface area (Å²) in [6.07, 6.45) is 5.13. The molecule has 1 saturated heterocycles. The lowest BCUT2D eigenvalue weighted by Gasteiger charge is -2.36. The molecule has 2 N–H and O–H groups in total. The van der Waals surface area contributed by atoms with E-state index in [0.29, 0.717) is 0 Å². The van der Waals surface area contributed by atoms with Crippen molar-refractivity contribution in [2.24, 2.45) is 0 Å². The summed E-state index contributed by atoms with van der Waals surface area (Å²) in [4.78, 5) is 18.6. The van der Waals surface area contributed by atoms with Crippen LogP contribution in [0.25, 0.3) is 0 Å². The highest BCUT2D eigenvalue weighted by molar-refractivity contribution is 5.89. The number of aryl methyl sites for hydroxylation is 1. The van der Waals surface area contributed by atoms with Gasteiger partial charge in [0.15, 0.2) is 5.82 Å². The van der Waals surface area contributed by atoms with Gasteiger partial charge in [-0.25, -0.2) is 13.6 Å². The maximum Gasteiger partial charge on any atom is 0.319 e. The highest BCUT2D eigenvalue weighted by Gasteiger charge is 2.25. The van der Waals surface area contributed by atoms with E-state index in [0.717, 1.165) is 32.0 Å². The number of likely N-dealkylation sites (tertiary alicyclic amines) is 1. The molecule has 0 spiro atoms. The van der Waals surface area contributed by atoms with Crippen LogP contribution >= 0.6 is 0 Å². The second-order valence-corrected chi connectivity index (χ2v) is 6.92. The molecular weight excluding hydrogens is 350 g/mol. The van der Waals surface area contributed by atoms with E-state index in [1.165, 1.54) is 18.6 Å². The first-order valence-electron chi connectivity index (χ1n) is 9.12. The molecule has 0 bridgehead atoms. The van der Waals surface area contributed by atoms with Gasteiger partial charge in [0.25, 0.3) is 0 Å². The predicted molar refractivity (Wildman–Crippen MR) is 100 cm³/mol. The van der Waals surface area contributed by atoms with Gasteiger partial charge in [-0.1, -0.05) is 6.07 Å². The summed E-state index contributed by atoms with van der Waals surface area (Å²) in [5.74, 6) is -1.53. The first kappa shape index (κ1) is 19.2. The molecule has 0 radical (unpaired) electrons. The van der Waals surface area contributed by atoms with Crippen molar-refractivity contribution in [2.75, 3.05) is 18.4 Å². The molecule has 1 fully saturated rings. The second kappa shape index (κ2) is 8.43. The largest absolute Gasteiger partial charge is 0.335 e. The quantitative estimate of drug-likeness (QED) is 0.850. The number of carbonyl (C=O) groups excluding carboxylic acids is 1. The zero-order valence-electron chi connectivity index (χ0n) is 15.5. The molecule has 3 rings (SSSR count). The Kier molecular flexibility index (Phi) is 6.01. The first-order chi connectivity index (χ1) is 13.0. The number of carbonyl (C=O) groups is 1. The highest BCUT2D eigenvalue weighted by atomic mass is 19.1. The Bertz CT molecular complexity index is 792. The maximum absolute atomic E-state index is 14.0. The number of halogens is 2. The summed E-state index contributed by atoms with van der Waals surface area (Å²) in [6, 6.07) is 6.17. The minimum Gasteiger partial charge on any atom is -0.335 e. The molecule has 7 heteroatoms. The van der Waals surface area contributed by atoms with Crippen molar-refractivity contribution in [2.45, 2.75) is 38.8 Å². The van der Waals surface area contributed by atoms with Gasteiger partial charge in [-0.2, -0.15) is 0 Å². The molecule has 1 aromatic carbocycles. The number of urea groups is 1. The topological polar surface area (TPSA) is 57.3 Å². The Hall–Kier alpha value is -2.54. The van der Waals surface area contributed by atoms with E-state index < -0.39 is 23.4 Å². The van der Waals surface area contributed by atoms with Crippen molar-refractivity contribution in [3.63, 3.8) is 0 Å². The highest BCUT2D eigenvalue weighted by Crippen LogP contribution is 2.24. The molecule has 2 heterocycles. The van der Waals surface area contributed by atoms with Crippen LogP contribution in [-0.4, -0.2) is 35.0 Å². The third-order valence-electron chi connectivity index (χ3n) is 5.12. The van der Waals surface area contributed by atoms with Gasteiger partial charge in [-0.05, 0) is 56.0 Å². The lowest BCUT2D eigenvalue weighted by molar-refractivity contribution is 0.154. The average molecular weight is 374 g/mol. The fraction of sp³-hybridized carbons (Fsp3) is 0.400. The van der Waals surface area contributed by atoms with E-state index >= 15 is 0 Å². The zero-order valence-corrected chi connectivity index (χ0v) is 15.5. The van der Waals surface area contributed by atoms with Crippen molar-refractivity contribution in [3.8, 4) is 0 Å². The summed E-state index contributed by atoms with van der Waals surface area (Å²) in [5.41, 5.74) is 1.08. The average Bonchev–Trinajstić information content (AvgIpc) is 2.69. The van der Waals surface area contributed by atoms with E-state index in [2.05, 4.69) is 27.4 Å². The van der Waals surface area contributed by atoms with Crippen LogP contribution in [0, 0.1) is 18.6 Å². The van der Waals surface area contributed by atoms with Crippen molar-refractivity contribution in [1.29, 1.82) is 0 Å². The summed E-state index contributed by atoms with van der Waals surface area (Å²) in [7, 11) is 0. The second-order valence-electron chi connectivity index (χ2n) is 6.92. The number of anilines is 1. The van der Waals surface area contributed by atoms with Crippen LogP contribution in [0.2, 0.25) is 0 Å². The van der Waals surface area contributed by atoms with E-state index in [4.69, 9.17) is 0 Å². The number of nitrogens with zero attached hydrogens (tertiary/aromatic N) is 2. The minimum absolute atomic E-state index is 0.0261. The van der Waals surface area contributed by atoms with Crippen LogP contribution in [-0.2, 0) is 0 Å². The third-order valence-corrected chi connectivity index (χ3v) is 5.12. The van der Waals surface area contributed by atoms with Gasteiger partial charge in [0, 0.05) is 37.6 Å². The van der Waals surface area contributed by atoms with Gasteiger partial charge in [0.1, 0.15) is 11.5 Å². The van der Waals surface area contributed by atoms with Crippen LogP contribution in [0.3, 0.4) is 0 Å². The standard InChI is InChI=1S/C20H24F2N4O/c1-13-3-4-17(21)19(18(13)22)25-20(27)24-16-7-11-26(12-8-16)14(2)15-5-9-23-10-6-15/h3-6,9-10,14,16H,7-8,11-12H2,1-2H3,(H2,24,25,27). The molecule has 1 atom stereocenters. The van der Waals surface area contributed by atoms with Crippen LogP contribution < -0.4 is 10.6 Å². The molecule has 27 heavy (non-hydrogen) atoms. The number of hydrogen-bond acceptors (Lipinski definition) is 3. The molecule has 5 nitrogen and oxygen atoms in total. The summed E-state index contributed by atoms with van der Waals surface area (Å²) >= 11 is 0. The predicted octanol–water partition coefficient (Wildman–Crippen LogP) is 4.02. The Balaban J connectivity index is 1.52. The normalized spacial score (nSPS) is 16.7. The van der Waals surface area contributed by atoms with Crippen molar-refractivity contribution in [3.05, 3.63) is 59.4 Å². The lowest BCUT2D eigenvalue weighted by Crippen LogP contribution is -2.46. The molecule has 0 saturated carbocycles. The van der Waals surface area contributed by atoms with Gasteiger partial charge in [0.05, 0.1) is 0 Å². The van der Waals surface area contributed by atoms with Crippen LogP contribution in [0.15, 0.2) is 36.7 Å². The van der Waals surface area contributed by atoms with Crippen LogP contribution in [0.5, 0.6) is 0 Å². The first-order valence-corrected chi connectivity index (χ1v) is 9.12. The summed E-state index contributed by atoms with van der Waals surface area (Å²) < 4.78 is 27.8. The van der Waals surface area contributed by atoms with Gasteiger partial charge in [-0.3, -0.25) is 9.88 Å². The van der Waals surface area contributed by atoms with Gasteiger partial charge in [-0.15, -0.1) is 0 Å². The van der Waals surface area contributed by atoms with Crippen molar-refractivity contribution >= 4 is 11.7 Å². The van der Waals surface area contributed by atoms with E-state index in [1.54, 1.807) is 12.4 Å². The number of amides is 2. The third kappa shape index (κ3) is 4.60. The Morgan fingerprint density at radius 3 is 2.52 bits per heavy atom. The molecule has 1 aromatic heterocycles. The molecule has 144 valence electrons. The lowest BCUT2D eigenvalue weighted by atomic mass is 10.0. The minimum atomic E-state index is -0.783. The molecule has 2 aromatic rings. The van der Waals surface area contributed by atoms with Crippen molar-refractivity contribution in [1.82, 2.24) is 15.2 Å². The molecule has 1 unspecified atom stereocenters. The Morgan fingerprint density at radius 1 is 1.19 bits per heavy atom. The Labute approximate surface area is 157 Å². The molecule has 1 aliphatic heterocycles. The van der Waals surface area contributed by atoms with E-state index in [9.17, 15) is 13.6 Å². The fourth-order valence-electron chi connectivity index (χ4n) is 3.39. The summed E-state index contributed by atoms with van der Waals surface area (Å²) in [5, 5.41) is 5.13. The number of rotatable bonds is 4. The zero-order chi connectivity index (χ0) is 19.4. The Morgan fingerprint density at radius 2 is 1.85 bits per heavy atom. The summed E-state index contributed by atoms with van der Waals surface area (Å²) in [6.45, 7) is 5.35. The number of nitrogens with one attached hydrogen (secondary N) is 2. The monoisotopic (exact) mass is 374 g/mol. The smallest absolute Gasteiger partial charge is 0.319 e. The molecule has 1 aliphatic rings. The molecule has 2 amide bonds. The molecular formula is C20H24F2N4O. The maximum atomic E-state index is 14.0. The molecule has 0 aliphatic carbocycles. The fourth-order valence-corrected chi connectivity index (χ4v) is 3.39. The number of hydrogen-bond donors (Lipinski definition) is 2. The van der Waals surface area contributed by atoms with Crippen LogP contribution in [0.4, 0.5) is 19.3 Å². The SMILES string of the molecule is Cc1ccc(F)c(NC(=O)NC2CCN(C(C)c3ccncc3)CC2)c1F. The number of benzene rings is 1. The number of aromatic nitrogens is 1. The van der Waals surface area contributed by atoms with E-state index in [-0.39, 0.29) is 17.6 Å². The number of pyridine rings is 1. The number of piperidine rings is 1. The van der Waals surface area contributed by atoms with E-state index in [1.807, 2.05) is 12.1 Å². The van der Waals surface area contributed by atoms with Gasteiger partial charge in [0.2, 0.25) is 0 Å². The van der Waals surface area contributed by atoms with Crippen LogP contribution in [0.1, 0.15) is 36.9 Å². The van der Waals surface area contributed by atoms with Gasteiger partial charge >= 0.3 is 6.03 Å². The van der Waals surface area contributed by atoms with Gasteiger partial charge < -0.3 is 10.6 Å².